The van der Waals surface area contributed by atoms with Crippen LogP contribution in [0.25, 0.3) is 0 Å². The Bertz CT molecular complexity index is 398. The Kier molecular flexibility index (Phi) is 3.65. The van der Waals surface area contributed by atoms with Crippen LogP contribution in [0.1, 0.15) is 6.92 Å². The second-order valence-corrected chi connectivity index (χ2v) is 3.03. The van der Waals surface area contributed by atoms with Crippen molar-refractivity contribution in [3.05, 3.63) is 36.2 Å². The number of allylic oxidation sites excluding steroid dienone is 2. The van der Waals surface area contributed by atoms with Gasteiger partial charge in [0, 0.05) is 18.0 Å². The van der Waals surface area contributed by atoms with Crippen molar-refractivity contribution in [3.63, 3.8) is 0 Å². The number of hydrogen-bond acceptors (Lipinski definition) is 3. The maximum Gasteiger partial charge on any atom is 0.454 e. The van der Waals surface area contributed by atoms with Crippen LogP contribution in [0.5, 0.6) is 0 Å². The predicted octanol–water partition coefficient (Wildman–Crippen LogP) is 2.53. The van der Waals surface area contributed by atoms with Gasteiger partial charge in [-0.05, 0) is 19.1 Å². The van der Waals surface area contributed by atoms with Crippen molar-refractivity contribution in [2.24, 2.45) is 0 Å². The van der Waals surface area contributed by atoms with E-state index >= 15 is 0 Å². The van der Waals surface area contributed by atoms with Crippen LogP contribution in [0.4, 0.5) is 19.0 Å². The molecular weight excluding hydrogens is 221 g/mol. The van der Waals surface area contributed by atoms with E-state index in [9.17, 15) is 18.0 Å². The van der Waals surface area contributed by atoms with Gasteiger partial charge in [-0.25, -0.2) is 4.98 Å². The van der Waals surface area contributed by atoms with Crippen LogP contribution < -0.4 is 5.32 Å². The number of rotatable bonds is 3. The number of alkyl halides is 3. The highest BCUT2D eigenvalue weighted by atomic mass is 19.4. The normalized spacial score (nSPS) is 12.4. The van der Waals surface area contributed by atoms with Crippen LogP contribution in [0, 0.1) is 0 Å². The molecule has 0 aliphatic carbocycles. The van der Waals surface area contributed by atoms with Crippen molar-refractivity contribution in [3.8, 4) is 0 Å². The van der Waals surface area contributed by atoms with Gasteiger partial charge in [0.1, 0.15) is 5.82 Å². The van der Waals surface area contributed by atoms with Gasteiger partial charge in [-0.2, -0.15) is 13.2 Å². The topological polar surface area (TPSA) is 42.0 Å². The molecule has 1 aromatic heterocycles. The van der Waals surface area contributed by atoms with E-state index in [1.54, 1.807) is 18.2 Å². The van der Waals surface area contributed by atoms with Crippen LogP contribution in [-0.4, -0.2) is 16.9 Å². The highest BCUT2D eigenvalue weighted by Gasteiger charge is 2.36. The van der Waals surface area contributed by atoms with E-state index in [0.717, 1.165) is 0 Å². The molecule has 0 bridgehead atoms. The minimum atomic E-state index is -4.84. The van der Waals surface area contributed by atoms with E-state index in [4.69, 9.17) is 0 Å². The summed E-state index contributed by atoms with van der Waals surface area (Å²) in [4.78, 5) is 14.4. The summed E-state index contributed by atoms with van der Waals surface area (Å²) < 4.78 is 35.7. The van der Waals surface area contributed by atoms with E-state index in [1.807, 2.05) is 0 Å². The van der Waals surface area contributed by atoms with Crippen LogP contribution in [0.15, 0.2) is 36.2 Å². The van der Waals surface area contributed by atoms with Gasteiger partial charge in [0.15, 0.2) is 0 Å². The predicted molar refractivity (Wildman–Crippen MR) is 52.7 cm³/mol. The number of hydrogen-bond donors (Lipinski definition) is 1. The summed E-state index contributed by atoms with van der Waals surface area (Å²) in [6, 6.07) is 4.93. The number of ketones is 1. The van der Waals surface area contributed by atoms with Crippen molar-refractivity contribution in [2.45, 2.75) is 13.1 Å². The summed E-state index contributed by atoms with van der Waals surface area (Å²) >= 11 is 0. The Morgan fingerprint density at radius 1 is 1.44 bits per heavy atom. The summed E-state index contributed by atoms with van der Waals surface area (Å²) in [5.74, 6) is -1.51. The van der Waals surface area contributed by atoms with Crippen LogP contribution in [-0.2, 0) is 4.79 Å². The fourth-order valence-corrected chi connectivity index (χ4v) is 0.953. The number of carbonyl (C=O) groups excluding carboxylic acids is 1. The molecule has 0 saturated heterocycles. The van der Waals surface area contributed by atoms with Crippen molar-refractivity contribution in [1.82, 2.24) is 4.98 Å². The van der Waals surface area contributed by atoms with Gasteiger partial charge in [-0.1, -0.05) is 6.07 Å². The Morgan fingerprint density at radius 3 is 2.62 bits per heavy atom. The minimum absolute atomic E-state index is 0.0843. The number of carbonyl (C=O) groups is 1. The Balaban J connectivity index is 2.70. The van der Waals surface area contributed by atoms with E-state index < -0.39 is 12.0 Å². The fraction of sp³-hybridized carbons (Fsp3) is 0.200. The number of halogens is 3. The molecular formula is C10H9F3N2O. The van der Waals surface area contributed by atoms with E-state index in [0.29, 0.717) is 11.9 Å². The third kappa shape index (κ3) is 3.72. The first-order chi connectivity index (χ1) is 7.39. The lowest BCUT2D eigenvalue weighted by Gasteiger charge is -2.06. The first-order valence-electron chi connectivity index (χ1n) is 4.37. The summed E-state index contributed by atoms with van der Waals surface area (Å²) in [5.41, 5.74) is 0.0843. The molecule has 1 N–H and O–H groups in total. The lowest BCUT2D eigenvalue weighted by Crippen LogP contribution is -2.21. The zero-order valence-electron chi connectivity index (χ0n) is 8.38. The highest BCUT2D eigenvalue weighted by Crippen LogP contribution is 2.17. The number of pyridine rings is 1. The minimum Gasteiger partial charge on any atom is -0.344 e. The van der Waals surface area contributed by atoms with Crippen molar-refractivity contribution in [2.75, 3.05) is 5.32 Å². The number of nitrogens with zero attached hydrogens (tertiary/aromatic N) is 1. The second kappa shape index (κ2) is 4.78. The van der Waals surface area contributed by atoms with Gasteiger partial charge < -0.3 is 5.32 Å². The van der Waals surface area contributed by atoms with E-state index in [1.165, 1.54) is 13.1 Å². The van der Waals surface area contributed by atoms with Gasteiger partial charge in [0.25, 0.3) is 5.78 Å². The molecule has 1 aromatic rings. The quantitative estimate of drug-likeness (QED) is 0.811. The zero-order chi connectivity index (χ0) is 12.2. The molecule has 0 aromatic carbocycles. The molecule has 0 saturated carbocycles. The zero-order valence-corrected chi connectivity index (χ0v) is 8.38. The number of anilines is 1. The molecule has 0 fully saturated rings. The Labute approximate surface area is 90.0 Å². The van der Waals surface area contributed by atoms with Gasteiger partial charge in [-0.3, -0.25) is 4.79 Å². The molecule has 1 heterocycles. The molecule has 0 unspecified atom stereocenters. The van der Waals surface area contributed by atoms with Crippen molar-refractivity contribution in [1.29, 1.82) is 0 Å². The summed E-state index contributed by atoms with van der Waals surface area (Å²) in [6.07, 6.45) is -2.86. The molecule has 0 radical (unpaired) electrons. The summed E-state index contributed by atoms with van der Waals surface area (Å²) in [6.45, 7) is 1.36. The van der Waals surface area contributed by atoms with E-state index in [-0.39, 0.29) is 5.70 Å². The molecule has 3 nitrogen and oxygen atoms in total. The molecule has 0 atom stereocenters. The molecule has 0 amide bonds. The Hall–Kier alpha value is -1.85. The van der Waals surface area contributed by atoms with Gasteiger partial charge in [0.2, 0.25) is 0 Å². The number of aromatic nitrogens is 1. The van der Waals surface area contributed by atoms with E-state index in [2.05, 4.69) is 10.3 Å². The average Bonchev–Trinajstić information content (AvgIpc) is 2.17. The first-order valence-corrected chi connectivity index (χ1v) is 4.37. The van der Waals surface area contributed by atoms with Crippen LogP contribution in [0.3, 0.4) is 0 Å². The van der Waals surface area contributed by atoms with Crippen LogP contribution in [0.2, 0.25) is 0 Å². The maximum absolute atomic E-state index is 11.9. The largest absolute Gasteiger partial charge is 0.454 e. The monoisotopic (exact) mass is 230 g/mol. The van der Waals surface area contributed by atoms with Crippen molar-refractivity contribution >= 4 is 11.6 Å². The SMILES string of the molecule is CC(=CC(=O)C(F)(F)F)Nc1ccccn1. The fourth-order valence-electron chi connectivity index (χ4n) is 0.953. The maximum atomic E-state index is 11.9. The second-order valence-electron chi connectivity index (χ2n) is 3.03. The Morgan fingerprint density at radius 2 is 2.12 bits per heavy atom. The number of nitrogens with one attached hydrogen (secondary N) is 1. The molecule has 0 aliphatic heterocycles. The molecule has 0 spiro atoms. The third-order valence-electron chi connectivity index (χ3n) is 1.62. The lowest BCUT2D eigenvalue weighted by molar-refractivity contribution is -0.165. The first kappa shape index (κ1) is 12.2. The molecule has 16 heavy (non-hydrogen) atoms. The highest BCUT2D eigenvalue weighted by molar-refractivity contribution is 5.95. The van der Waals surface area contributed by atoms with Crippen LogP contribution >= 0.6 is 0 Å². The van der Waals surface area contributed by atoms with Crippen molar-refractivity contribution < 1.29 is 18.0 Å². The molecule has 0 aliphatic rings. The molecule has 1 rings (SSSR count). The lowest BCUT2D eigenvalue weighted by atomic mass is 10.3. The van der Waals surface area contributed by atoms with Gasteiger partial charge in [-0.15, -0.1) is 0 Å². The summed E-state index contributed by atoms with van der Waals surface area (Å²) in [5, 5.41) is 2.57. The third-order valence-corrected chi connectivity index (χ3v) is 1.62. The molecule has 86 valence electrons. The van der Waals surface area contributed by atoms with Gasteiger partial charge in [0.05, 0.1) is 0 Å². The molecule has 6 heteroatoms. The van der Waals surface area contributed by atoms with Gasteiger partial charge >= 0.3 is 6.18 Å². The smallest absolute Gasteiger partial charge is 0.344 e. The standard InChI is InChI=1S/C10H9F3N2O/c1-7(6-8(16)10(11,12)13)15-9-4-2-3-5-14-9/h2-6H,1H3,(H,14,15). The average molecular weight is 230 g/mol. The summed E-state index contributed by atoms with van der Waals surface area (Å²) in [7, 11) is 0.